The molecule has 162 valence electrons. The van der Waals surface area contributed by atoms with Gasteiger partial charge in [0.15, 0.2) is 11.5 Å². The molecule has 2 aromatic carbocycles. The maximum atomic E-state index is 10.4. The summed E-state index contributed by atoms with van der Waals surface area (Å²) in [5.74, 6) is 1.09. The predicted molar refractivity (Wildman–Crippen MR) is 106 cm³/mol. The fraction of sp³-hybridized carbons (Fsp3) is 0.429. The van der Waals surface area contributed by atoms with Gasteiger partial charge in [0.2, 0.25) is 0 Å². The highest BCUT2D eigenvalue weighted by atomic mass is 35.5. The molecule has 2 aliphatic heterocycles. The first-order valence-corrected chi connectivity index (χ1v) is 9.97. The summed E-state index contributed by atoms with van der Waals surface area (Å²) in [6, 6.07) is 8.47. The van der Waals surface area contributed by atoms with Crippen LogP contribution in [-0.4, -0.2) is 69.8 Å². The number of hydrogen-bond donors (Lipinski definition) is 5. The van der Waals surface area contributed by atoms with Gasteiger partial charge in [-0.25, -0.2) is 0 Å². The van der Waals surface area contributed by atoms with Gasteiger partial charge in [0.05, 0.1) is 6.61 Å². The van der Waals surface area contributed by atoms with E-state index in [4.69, 9.17) is 25.8 Å². The summed E-state index contributed by atoms with van der Waals surface area (Å²) in [5.41, 5.74) is 1.74. The Hall–Kier alpha value is -2.07. The minimum Gasteiger partial charge on any atom is -0.508 e. The average Bonchev–Trinajstić information content (AvgIpc) is 2.74. The minimum atomic E-state index is -1.54. The Labute approximate surface area is 177 Å². The van der Waals surface area contributed by atoms with E-state index >= 15 is 0 Å². The molecular formula is C21H23ClO8. The monoisotopic (exact) mass is 438 g/mol. The molecule has 0 spiro atoms. The summed E-state index contributed by atoms with van der Waals surface area (Å²) >= 11 is 6.33. The lowest BCUT2D eigenvalue weighted by molar-refractivity contribution is -0.232. The Kier molecular flexibility index (Phi) is 6.06. The number of aromatic hydroxyl groups is 1. The van der Waals surface area contributed by atoms with Crippen LogP contribution in [0.5, 0.6) is 17.2 Å². The number of phenolic OH excluding ortho intramolecular Hbond substituents is 1. The van der Waals surface area contributed by atoms with Gasteiger partial charge in [-0.05, 0) is 41.8 Å². The third-order valence-corrected chi connectivity index (χ3v) is 5.75. The molecule has 2 heterocycles. The van der Waals surface area contributed by atoms with Crippen molar-refractivity contribution in [2.75, 3.05) is 19.8 Å². The van der Waals surface area contributed by atoms with Crippen LogP contribution in [0.25, 0.3) is 0 Å². The zero-order valence-corrected chi connectivity index (χ0v) is 16.7. The van der Waals surface area contributed by atoms with Crippen molar-refractivity contribution in [3.05, 3.63) is 52.0 Å². The van der Waals surface area contributed by atoms with Gasteiger partial charge in [0, 0.05) is 10.6 Å². The van der Waals surface area contributed by atoms with Crippen molar-refractivity contribution in [1.82, 2.24) is 0 Å². The molecule has 0 unspecified atom stereocenters. The molecule has 1 saturated heterocycles. The number of benzene rings is 2. The Morgan fingerprint density at radius 3 is 2.40 bits per heavy atom. The Bertz CT molecular complexity index is 918. The fourth-order valence-electron chi connectivity index (χ4n) is 3.77. The SMILES string of the molecule is OC[C@H]1O[C@@H](c2cc(Cc3ccc4c(c3)OCCO4)c(Cl)cc2O)[C@H](O)[C@@H](O)[C@@H]1O. The van der Waals surface area contributed by atoms with Crippen LogP contribution >= 0.6 is 11.6 Å². The first-order valence-electron chi connectivity index (χ1n) is 9.59. The molecule has 0 aliphatic carbocycles. The lowest BCUT2D eigenvalue weighted by Gasteiger charge is -2.40. The fourth-order valence-corrected chi connectivity index (χ4v) is 3.99. The highest BCUT2D eigenvalue weighted by molar-refractivity contribution is 6.31. The van der Waals surface area contributed by atoms with Crippen LogP contribution in [-0.2, 0) is 11.2 Å². The number of hydrogen-bond acceptors (Lipinski definition) is 8. The van der Waals surface area contributed by atoms with Gasteiger partial charge in [-0.15, -0.1) is 0 Å². The lowest BCUT2D eigenvalue weighted by atomic mass is 9.89. The largest absolute Gasteiger partial charge is 0.508 e. The first-order chi connectivity index (χ1) is 14.4. The zero-order valence-electron chi connectivity index (χ0n) is 15.9. The van der Waals surface area contributed by atoms with E-state index in [1.165, 1.54) is 6.07 Å². The predicted octanol–water partition coefficient (Wildman–Crippen LogP) is 0.922. The van der Waals surface area contributed by atoms with Crippen molar-refractivity contribution in [3.63, 3.8) is 0 Å². The molecule has 0 amide bonds. The number of aliphatic hydroxyl groups is 4. The number of rotatable bonds is 4. The standard InChI is InChI=1S/C21H23ClO8/c22-13-8-14(24)12(21-20(27)19(26)18(25)17(9-23)30-21)7-11(13)5-10-1-2-15-16(6-10)29-4-3-28-15/h1-2,6-8,17-21,23-27H,3-5,9H2/t17-,18-,19+,20-,21+/m1/s1. The second-order valence-corrected chi connectivity index (χ2v) is 7.81. The van der Waals surface area contributed by atoms with Crippen LogP contribution in [0.1, 0.15) is 22.8 Å². The van der Waals surface area contributed by atoms with E-state index < -0.39 is 37.1 Å². The number of aliphatic hydroxyl groups excluding tert-OH is 4. The van der Waals surface area contributed by atoms with E-state index in [9.17, 15) is 25.5 Å². The van der Waals surface area contributed by atoms with Crippen molar-refractivity contribution in [1.29, 1.82) is 0 Å². The van der Waals surface area contributed by atoms with Crippen LogP contribution in [0.15, 0.2) is 30.3 Å². The minimum absolute atomic E-state index is 0.198. The summed E-state index contributed by atoms with van der Waals surface area (Å²) in [4.78, 5) is 0. The molecule has 4 rings (SSSR count). The number of phenols is 1. The van der Waals surface area contributed by atoms with E-state index in [0.29, 0.717) is 41.7 Å². The van der Waals surface area contributed by atoms with Crippen LogP contribution in [0.2, 0.25) is 5.02 Å². The summed E-state index contributed by atoms with van der Waals surface area (Å²) in [6.45, 7) is 0.413. The quantitative estimate of drug-likeness (QED) is 0.476. The van der Waals surface area contributed by atoms with Crippen LogP contribution in [0.3, 0.4) is 0 Å². The molecule has 0 bridgehead atoms. The third-order valence-electron chi connectivity index (χ3n) is 5.40. The van der Waals surface area contributed by atoms with E-state index in [1.807, 2.05) is 18.2 Å². The average molecular weight is 439 g/mol. The van der Waals surface area contributed by atoms with Gasteiger partial charge in [-0.3, -0.25) is 0 Å². The summed E-state index contributed by atoms with van der Waals surface area (Å²) in [6.07, 6.45) is -6.36. The zero-order chi connectivity index (χ0) is 21.4. The third kappa shape index (κ3) is 3.94. The molecule has 8 nitrogen and oxygen atoms in total. The van der Waals surface area contributed by atoms with Crippen molar-refractivity contribution in [2.45, 2.75) is 36.9 Å². The van der Waals surface area contributed by atoms with Crippen molar-refractivity contribution < 1.29 is 39.7 Å². The first kappa shape index (κ1) is 21.2. The molecule has 0 saturated carbocycles. The van der Waals surface area contributed by atoms with E-state index in [0.717, 1.165) is 5.56 Å². The number of fused-ring (bicyclic) bond motifs is 1. The molecule has 5 N–H and O–H groups in total. The van der Waals surface area contributed by atoms with Gasteiger partial charge in [0.25, 0.3) is 0 Å². The van der Waals surface area contributed by atoms with E-state index in [-0.39, 0.29) is 11.3 Å². The maximum Gasteiger partial charge on any atom is 0.161 e. The van der Waals surface area contributed by atoms with Crippen molar-refractivity contribution in [2.24, 2.45) is 0 Å². The van der Waals surface area contributed by atoms with Gasteiger partial charge < -0.3 is 39.7 Å². The van der Waals surface area contributed by atoms with Gasteiger partial charge in [-0.1, -0.05) is 17.7 Å². The number of halogens is 1. The van der Waals surface area contributed by atoms with Crippen LogP contribution in [0.4, 0.5) is 0 Å². The second-order valence-electron chi connectivity index (χ2n) is 7.41. The molecular weight excluding hydrogens is 416 g/mol. The molecule has 5 atom stereocenters. The molecule has 0 radical (unpaired) electrons. The van der Waals surface area contributed by atoms with Crippen LogP contribution < -0.4 is 9.47 Å². The van der Waals surface area contributed by atoms with Crippen LogP contribution in [0, 0.1) is 0 Å². The molecule has 9 heteroatoms. The molecule has 1 fully saturated rings. The molecule has 30 heavy (non-hydrogen) atoms. The Morgan fingerprint density at radius 2 is 1.67 bits per heavy atom. The normalized spacial score (nSPS) is 28.4. The molecule has 0 aromatic heterocycles. The summed E-state index contributed by atoms with van der Waals surface area (Å²) in [7, 11) is 0. The Balaban J connectivity index is 1.64. The second kappa shape index (κ2) is 8.58. The summed E-state index contributed by atoms with van der Waals surface area (Å²) < 4.78 is 16.7. The van der Waals surface area contributed by atoms with Gasteiger partial charge in [-0.2, -0.15) is 0 Å². The molecule has 2 aromatic rings. The van der Waals surface area contributed by atoms with E-state index in [1.54, 1.807) is 6.07 Å². The number of ether oxygens (including phenoxy) is 3. The summed E-state index contributed by atoms with van der Waals surface area (Å²) in [5, 5.41) is 50.6. The molecule has 2 aliphatic rings. The highest BCUT2D eigenvalue weighted by Crippen LogP contribution is 2.40. The van der Waals surface area contributed by atoms with Gasteiger partial charge >= 0.3 is 0 Å². The lowest BCUT2D eigenvalue weighted by Crippen LogP contribution is -2.55. The smallest absolute Gasteiger partial charge is 0.161 e. The van der Waals surface area contributed by atoms with Crippen molar-refractivity contribution in [3.8, 4) is 17.2 Å². The van der Waals surface area contributed by atoms with Crippen molar-refractivity contribution >= 4 is 11.6 Å². The maximum absolute atomic E-state index is 10.4. The van der Waals surface area contributed by atoms with E-state index in [2.05, 4.69) is 0 Å². The van der Waals surface area contributed by atoms with Gasteiger partial charge in [0.1, 0.15) is 49.5 Å². The topological polar surface area (TPSA) is 129 Å². The Morgan fingerprint density at radius 1 is 0.933 bits per heavy atom. The highest BCUT2D eigenvalue weighted by Gasteiger charge is 2.44.